The highest BCUT2D eigenvalue weighted by Crippen LogP contribution is 2.42. The SMILES string of the molecule is CC(=O)Oc1ccc(C2c3c([nH]c4ccccc34)CCC2Nc2ccccc2)cc1. The molecule has 2 N–H and O–H groups in total. The molecule has 0 fully saturated rings. The van der Waals surface area contributed by atoms with Crippen molar-refractivity contribution in [3.05, 3.63) is 95.7 Å². The number of rotatable bonds is 4. The van der Waals surface area contributed by atoms with Crippen LogP contribution in [0, 0.1) is 0 Å². The molecule has 1 aliphatic rings. The number of carbonyl (C=O) groups excluding carboxylic acids is 1. The second-order valence-electron chi connectivity index (χ2n) is 7.86. The minimum absolute atomic E-state index is 0.191. The number of fused-ring (bicyclic) bond motifs is 3. The number of nitrogens with one attached hydrogen (secondary N) is 2. The van der Waals surface area contributed by atoms with E-state index in [9.17, 15) is 4.79 Å². The summed E-state index contributed by atoms with van der Waals surface area (Å²) in [7, 11) is 0. The fourth-order valence-electron chi connectivity index (χ4n) is 4.65. The van der Waals surface area contributed by atoms with Crippen LogP contribution in [0.5, 0.6) is 5.75 Å². The highest BCUT2D eigenvalue weighted by atomic mass is 16.5. The Hall–Kier alpha value is -3.53. The fraction of sp³-hybridized carbons (Fsp3) is 0.192. The van der Waals surface area contributed by atoms with Gasteiger partial charge in [-0.2, -0.15) is 0 Å². The van der Waals surface area contributed by atoms with Crippen LogP contribution in [0.15, 0.2) is 78.9 Å². The Morgan fingerprint density at radius 3 is 2.47 bits per heavy atom. The lowest BCUT2D eigenvalue weighted by Gasteiger charge is -2.34. The predicted molar refractivity (Wildman–Crippen MR) is 120 cm³/mol. The van der Waals surface area contributed by atoms with E-state index in [2.05, 4.69) is 71.0 Å². The number of hydrogen-bond acceptors (Lipinski definition) is 3. The van der Waals surface area contributed by atoms with Gasteiger partial charge in [-0.25, -0.2) is 0 Å². The molecule has 0 saturated heterocycles. The number of ether oxygens (including phenoxy) is 1. The van der Waals surface area contributed by atoms with Crippen molar-refractivity contribution in [3.63, 3.8) is 0 Å². The normalized spacial score (nSPS) is 18.0. The lowest BCUT2D eigenvalue weighted by molar-refractivity contribution is -0.131. The summed E-state index contributed by atoms with van der Waals surface area (Å²) in [6.45, 7) is 1.42. The van der Waals surface area contributed by atoms with E-state index in [4.69, 9.17) is 4.74 Å². The van der Waals surface area contributed by atoms with Crippen molar-refractivity contribution in [1.29, 1.82) is 0 Å². The molecule has 3 aromatic carbocycles. The molecule has 2 unspecified atom stereocenters. The van der Waals surface area contributed by atoms with Crippen molar-refractivity contribution in [2.24, 2.45) is 0 Å². The minimum atomic E-state index is -0.303. The van der Waals surface area contributed by atoms with Crippen molar-refractivity contribution in [2.75, 3.05) is 5.32 Å². The molecule has 150 valence electrons. The molecule has 5 rings (SSSR count). The van der Waals surface area contributed by atoms with Gasteiger partial charge >= 0.3 is 5.97 Å². The van der Waals surface area contributed by atoms with Gasteiger partial charge in [0.1, 0.15) is 5.75 Å². The fourth-order valence-corrected chi connectivity index (χ4v) is 4.65. The Morgan fingerprint density at radius 2 is 1.70 bits per heavy atom. The van der Waals surface area contributed by atoms with Crippen LogP contribution in [0.4, 0.5) is 5.69 Å². The molecule has 0 saturated carbocycles. The van der Waals surface area contributed by atoms with Gasteiger partial charge in [-0.05, 0) is 54.3 Å². The van der Waals surface area contributed by atoms with Gasteiger partial charge in [0, 0.05) is 41.2 Å². The Morgan fingerprint density at radius 1 is 0.967 bits per heavy atom. The number of benzene rings is 3. The Balaban J connectivity index is 1.59. The van der Waals surface area contributed by atoms with Gasteiger partial charge in [0.15, 0.2) is 0 Å². The summed E-state index contributed by atoms with van der Waals surface area (Å²) in [5.74, 6) is 0.466. The number of aromatic amines is 1. The summed E-state index contributed by atoms with van der Waals surface area (Å²) in [5.41, 5.74) is 6.21. The smallest absolute Gasteiger partial charge is 0.308 e. The topological polar surface area (TPSA) is 54.1 Å². The first-order valence-corrected chi connectivity index (χ1v) is 10.4. The van der Waals surface area contributed by atoms with E-state index >= 15 is 0 Å². The summed E-state index contributed by atoms with van der Waals surface area (Å²) < 4.78 is 5.24. The maximum absolute atomic E-state index is 11.3. The van der Waals surface area contributed by atoms with Crippen molar-refractivity contribution in [2.45, 2.75) is 31.7 Å². The molecule has 4 aromatic rings. The molecule has 0 spiro atoms. The van der Waals surface area contributed by atoms with Gasteiger partial charge in [-0.3, -0.25) is 4.79 Å². The molecule has 30 heavy (non-hydrogen) atoms. The Bertz CT molecular complexity index is 1180. The first kappa shape index (κ1) is 18.5. The maximum atomic E-state index is 11.3. The van der Waals surface area contributed by atoms with Gasteiger partial charge in [0.05, 0.1) is 0 Å². The highest BCUT2D eigenvalue weighted by molar-refractivity contribution is 5.86. The standard InChI is InChI=1S/C26H24N2O2/c1-17(29)30-20-13-11-18(12-14-20)25-23(27-19-7-3-2-4-8-19)15-16-24-26(25)21-9-5-6-10-22(21)28-24/h2-14,23,25,27-28H,15-16H2,1H3. The second-order valence-corrected chi connectivity index (χ2v) is 7.86. The van der Waals surface area contributed by atoms with E-state index < -0.39 is 0 Å². The molecule has 1 aromatic heterocycles. The molecular weight excluding hydrogens is 372 g/mol. The number of hydrogen-bond donors (Lipinski definition) is 2. The summed E-state index contributed by atoms with van der Waals surface area (Å²) in [5, 5.41) is 5.05. The number of carbonyl (C=O) groups is 1. The molecule has 0 radical (unpaired) electrons. The van der Waals surface area contributed by atoms with Crippen LogP contribution < -0.4 is 10.1 Å². The molecule has 4 heteroatoms. The molecule has 1 aliphatic carbocycles. The van der Waals surface area contributed by atoms with Crippen molar-refractivity contribution in [1.82, 2.24) is 4.98 Å². The monoisotopic (exact) mass is 396 g/mol. The highest BCUT2D eigenvalue weighted by Gasteiger charge is 2.33. The summed E-state index contributed by atoms with van der Waals surface area (Å²) in [6.07, 6.45) is 2.04. The first-order chi connectivity index (χ1) is 14.7. The van der Waals surface area contributed by atoms with Gasteiger partial charge < -0.3 is 15.0 Å². The van der Waals surface area contributed by atoms with Crippen LogP contribution in [0.1, 0.15) is 36.1 Å². The molecular formula is C26H24N2O2. The largest absolute Gasteiger partial charge is 0.427 e. The van der Waals surface area contributed by atoms with Gasteiger partial charge in [0.2, 0.25) is 0 Å². The third-order valence-corrected chi connectivity index (χ3v) is 5.87. The zero-order valence-electron chi connectivity index (χ0n) is 16.9. The maximum Gasteiger partial charge on any atom is 0.308 e. The number of anilines is 1. The van der Waals surface area contributed by atoms with Crippen LogP contribution in [-0.4, -0.2) is 17.0 Å². The van der Waals surface area contributed by atoms with E-state index in [1.807, 2.05) is 18.2 Å². The first-order valence-electron chi connectivity index (χ1n) is 10.4. The zero-order chi connectivity index (χ0) is 20.5. The minimum Gasteiger partial charge on any atom is -0.427 e. The lowest BCUT2D eigenvalue weighted by atomic mass is 9.77. The average molecular weight is 396 g/mol. The second kappa shape index (κ2) is 7.71. The predicted octanol–water partition coefficient (Wildman–Crippen LogP) is 5.65. The summed E-state index contributed by atoms with van der Waals surface area (Å²) in [4.78, 5) is 14.9. The van der Waals surface area contributed by atoms with Crippen LogP contribution in [-0.2, 0) is 11.2 Å². The van der Waals surface area contributed by atoms with Crippen LogP contribution >= 0.6 is 0 Å². The van der Waals surface area contributed by atoms with Crippen molar-refractivity contribution in [3.8, 4) is 5.75 Å². The third kappa shape index (κ3) is 3.45. The molecule has 2 atom stereocenters. The zero-order valence-corrected chi connectivity index (χ0v) is 16.9. The lowest BCUT2D eigenvalue weighted by Crippen LogP contribution is -2.33. The van der Waals surface area contributed by atoms with Crippen molar-refractivity contribution < 1.29 is 9.53 Å². The third-order valence-electron chi connectivity index (χ3n) is 5.87. The summed E-state index contributed by atoms with van der Waals surface area (Å²) in [6, 6.07) is 27.1. The van der Waals surface area contributed by atoms with Crippen molar-refractivity contribution >= 4 is 22.6 Å². The molecule has 0 amide bonds. The molecule has 4 nitrogen and oxygen atoms in total. The van der Waals surface area contributed by atoms with E-state index in [1.165, 1.54) is 34.6 Å². The molecule has 1 heterocycles. The number of esters is 1. The van der Waals surface area contributed by atoms with Crippen LogP contribution in [0.3, 0.4) is 0 Å². The average Bonchev–Trinajstić information content (AvgIpc) is 3.13. The number of para-hydroxylation sites is 2. The van der Waals surface area contributed by atoms with Crippen LogP contribution in [0.25, 0.3) is 10.9 Å². The number of H-pyrrole nitrogens is 1. The Labute approximate surface area is 175 Å². The molecule has 0 bridgehead atoms. The number of aryl methyl sites for hydroxylation is 1. The van der Waals surface area contributed by atoms with E-state index in [1.54, 1.807) is 0 Å². The quantitative estimate of drug-likeness (QED) is 0.346. The number of aromatic nitrogens is 1. The van der Waals surface area contributed by atoms with E-state index in [-0.39, 0.29) is 17.9 Å². The van der Waals surface area contributed by atoms with Crippen LogP contribution in [0.2, 0.25) is 0 Å². The van der Waals surface area contributed by atoms with E-state index in [0.29, 0.717) is 5.75 Å². The Kier molecular flexibility index (Phi) is 4.75. The van der Waals surface area contributed by atoms with Gasteiger partial charge in [-0.1, -0.05) is 48.5 Å². The van der Waals surface area contributed by atoms with Gasteiger partial charge in [-0.15, -0.1) is 0 Å². The van der Waals surface area contributed by atoms with Gasteiger partial charge in [0.25, 0.3) is 0 Å². The molecule has 0 aliphatic heterocycles. The summed E-state index contributed by atoms with van der Waals surface area (Å²) >= 11 is 0. The van der Waals surface area contributed by atoms with E-state index in [0.717, 1.165) is 18.5 Å².